The fourth-order valence-electron chi connectivity index (χ4n) is 5.79. The molecule has 0 bridgehead atoms. The van der Waals surface area contributed by atoms with E-state index in [-0.39, 0.29) is 17.6 Å². The van der Waals surface area contributed by atoms with E-state index in [1.165, 1.54) is 16.8 Å². The highest BCUT2D eigenvalue weighted by atomic mass is 16.5. The molecule has 5 rings (SSSR count). The lowest BCUT2D eigenvalue weighted by Crippen LogP contribution is -2.66. The minimum Gasteiger partial charge on any atom is -0.394 e. The molecule has 0 aromatic heterocycles. The average Bonchev–Trinajstić information content (AvgIpc) is 2.94. The van der Waals surface area contributed by atoms with Crippen LogP contribution in [0, 0.1) is 5.41 Å². The van der Waals surface area contributed by atoms with Crippen molar-refractivity contribution >= 4 is 6.21 Å². The predicted octanol–water partition coefficient (Wildman–Crippen LogP) is 3.02. The van der Waals surface area contributed by atoms with E-state index in [9.17, 15) is 0 Å². The highest BCUT2D eigenvalue weighted by Gasteiger charge is 2.59. The van der Waals surface area contributed by atoms with Crippen LogP contribution in [0.25, 0.3) is 0 Å². The maximum Gasteiger partial charge on any atom is 0.0777 e. The van der Waals surface area contributed by atoms with Gasteiger partial charge in [0.2, 0.25) is 0 Å². The molecule has 0 spiro atoms. The number of nitrogens with one attached hydrogen (secondary N) is 1. The molecule has 6 nitrogen and oxygen atoms in total. The fraction of sp³-hybridized carbons (Fsp3) is 0.500. The standard InChI is InChI=1S/C26H33N3O3/c30-14-16-32-18-17-31-15-8-22-7-11-25-9-3-4-10-26(25,28-22)23-6-2-1-5-21(23)20-29-13-12-27-19-24(25)29/h1,3-6,9-10,12,19-20,22,28,30H,2,7-8,11,13-18H2. The Hall–Kier alpha value is -2.25. The lowest BCUT2D eigenvalue weighted by Gasteiger charge is -2.57. The zero-order chi connectivity index (χ0) is 21.9. The Balaban J connectivity index is 1.40. The number of rotatable bonds is 8. The molecule has 170 valence electrons. The van der Waals surface area contributed by atoms with Crippen molar-refractivity contribution in [1.82, 2.24) is 10.2 Å². The van der Waals surface area contributed by atoms with Crippen molar-refractivity contribution in [3.05, 3.63) is 71.8 Å². The Kier molecular flexibility index (Phi) is 6.28. The maximum atomic E-state index is 8.79. The van der Waals surface area contributed by atoms with Crippen LogP contribution in [0.4, 0.5) is 0 Å². The summed E-state index contributed by atoms with van der Waals surface area (Å²) in [6, 6.07) is 0.366. The van der Waals surface area contributed by atoms with Gasteiger partial charge in [0, 0.05) is 37.0 Å². The van der Waals surface area contributed by atoms with Crippen LogP contribution in [0.15, 0.2) is 76.8 Å². The summed E-state index contributed by atoms with van der Waals surface area (Å²) < 4.78 is 11.1. The normalized spacial score (nSPS) is 32.2. The molecule has 32 heavy (non-hydrogen) atoms. The lowest BCUT2D eigenvalue weighted by molar-refractivity contribution is 0.0269. The van der Waals surface area contributed by atoms with E-state index in [0.29, 0.717) is 32.5 Å². The van der Waals surface area contributed by atoms with Gasteiger partial charge in [-0.2, -0.15) is 0 Å². The number of hydrogen-bond acceptors (Lipinski definition) is 6. The first-order chi connectivity index (χ1) is 15.8. The van der Waals surface area contributed by atoms with Crippen molar-refractivity contribution in [2.75, 3.05) is 39.6 Å². The molecule has 6 heteroatoms. The van der Waals surface area contributed by atoms with Crippen LogP contribution in [0.3, 0.4) is 0 Å². The highest BCUT2D eigenvalue weighted by molar-refractivity contribution is 5.67. The number of aliphatic hydroxyl groups excluding tert-OH is 1. The zero-order valence-corrected chi connectivity index (χ0v) is 18.6. The minimum atomic E-state index is -0.293. The van der Waals surface area contributed by atoms with Crippen molar-refractivity contribution in [2.45, 2.75) is 37.3 Å². The number of piperidine rings is 1. The van der Waals surface area contributed by atoms with Crippen molar-refractivity contribution in [3.8, 4) is 0 Å². The van der Waals surface area contributed by atoms with Crippen LogP contribution in [-0.4, -0.2) is 67.4 Å². The van der Waals surface area contributed by atoms with Crippen LogP contribution in [0.1, 0.15) is 25.7 Å². The minimum absolute atomic E-state index is 0.0540. The first-order valence-corrected chi connectivity index (χ1v) is 11.8. The Labute approximate surface area is 190 Å². The van der Waals surface area contributed by atoms with Crippen LogP contribution in [0.5, 0.6) is 0 Å². The first-order valence-electron chi connectivity index (χ1n) is 11.8. The second-order valence-electron chi connectivity index (χ2n) is 8.95. The molecule has 1 saturated heterocycles. The van der Waals surface area contributed by atoms with E-state index in [0.717, 1.165) is 32.2 Å². The van der Waals surface area contributed by atoms with Crippen LogP contribution >= 0.6 is 0 Å². The number of allylic oxidation sites excluding steroid dienone is 5. The molecule has 3 unspecified atom stereocenters. The number of aliphatic imine (C=N–C) groups is 1. The monoisotopic (exact) mass is 435 g/mol. The van der Waals surface area contributed by atoms with Crippen LogP contribution in [0.2, 0.25) is 0 Å². The molecule has 5 aliphatic rings. The van der Waals surface area contributed by atoms with Gasteiger partial charge < -0.3 is 24.8 Å². The Morgan fingerprint density at radius 1 is 1.16 bits per heavy atom. The number of hydrogen-bond donors (Lipinski definition) is 2. The molecule has 3 heterocycles. The number of ether oxygens (including phenoxy) is 2. The molecule has 2 aliphatic carbocycles. The van der Waals surface area contributed by atoms with Crippen LogP contribution < -0.4 is 5.32 Å². The van der Waals surface area contributed by atoms with E-state index in [1.807, 2.05) is 6.21 Å². The third-order valence-electron chi connectivity index (χ3n) is 7.21. The first kappa shape index (κ1) is 21.6. The SMILES string of the molecule is OCCOCCOCCC1CCC23C=CC=CC2(N1)C1=CCC=CC1=CN1CC=NC=C13. The number of aliphatic hydroxyl groups is 1. The van der Waals surface area contributed by atoms with Crippen molar-refractivity contribution < 1.29 is 14.6 Å². The van der Waals surface area contributed by atoms with E-state index >= 15 is 0 Å². The third kappa shape index (κ3) is 3.65. The van der Waals surface area contributed by atoms with Crippen molar-refractivity contribution in [3.63, 3.8) is 0 Å². The molecule has 0 saturated carbocycles. The van der Waals surface area contributed by atoms with Gasteiger partial charge in [0.05, 0.1) is 43.9 Å². The quantitative estimate of drug-likeness (QED) is 0.574. The van der Waals surface area contributed by atoms with Crippen LogP contribution in [-0.2, 0) is 9.47 Å². The molecule has 3 atom stereocenters. The molecule has 0 aromatic rings. The van der Waals surface area contributed by atoms with Gasteiger partial charge in [0.15, 0.2) is 0 Å². The van der Waals surface area contributed by atoms with Gasteiger partial charge in [-0.05, 0) is 36.8 Å². The predicted molar refractivity (Wildman–Crippen MR) is 126 cm³/mol. The summed E-state index contributed by atoms with van der Waals surface area (Å²) in [5.74, 6) is 0. The Bertz CT molecular complexity index is 929. The average molecular weight is 436 g/mol. The Morgan fingerprint density at radius 2 is 2.03 bits per heavy atom. The third-order valence-corrected chi connectivity index (χ3v) is 7.21. The summed E-state index contributed by atoms with van der Waals surface area (Å²) in [5, 5.41) is 12.9. The molecular weight excluding hydrogens is 402 g/mol. The second kappa shape index (κ2) is 9.32. The summed E-state index contributed by atoms with van der Waals surface area (Å²) in [6.07, 6.45) is 26.5. The zero-order valence-electron chi connectivity index (χ0n) is 18.6. The topological polar surface area (TPSA) is 66.3 Å². The van der Waals surface area contributed by atoms with Gasteiger partial charge in [-0.1, -0.05) is 42.5 Å². The Morgan fingerprint density at radius 3 is 2.94 bits per heavy atom. The summed E-state index contributed by atoms with van der Waals surface area (Å²) in [7, 11) is 0. The highest BCUT2D eigenvalue weighted by Crippen LogP contribution is 2.58. The molecule has 0 amide bonds. The molecule has 2 N–H and O–H groups in total. The van der Waals surface area contributed by atoms with Gasteiger partial charge in [0.1, 0.15) is 0 Å². The number of fused-ring (bicyclic) bond motifs is 2. The van der Waals surface area contributed by atoms with E-state index in [2.05, 4.69) is 70.1 Å². The fourth-order valence-corrected chi connectivity index (χ4v) is 5.79. The van der Waals surface area contributed by atoms with Crippen molar-refractivity contribution in [2.24, 2.45) is 10.4 Å². The van der Waals surface area contributed by atoms with E-state index in [4.69, 9.17) is 14.6 Å². The van der Waals surface area contributed by atoms with Gasteiger partial charge in [0.25, 0.3) is 0 Å². The lowest BCUT2D eigenvalue weighted by atomic mass is 9.56. The summed E-state index contributed by atoms with van der Waals surface area (Å²) in [4.78, 5) is 6.96. The van der Waals surface area contributed by atoms with Gasteiger partial charge >= 0.3 is 0 Å². The smallest absolute Gasteiger partial charge is 0.0777 e. The molecule has 0 radical (unpaired) electrons. The summed E-state index contributed by atoms with van der Waals surface area (Å²) >= 11 is 0. The van der Waals surface area contributed by atoms with Gasteiger partial charge in [-0.15, -0.1) is 0 Å². The van der Waals surface area contributed by atoms with Crippen molar-refractivity contribution in [1.29, 1.82) is 0 Å². The summed E-state index contributed by atoms with van der Waals surface area (Å²) in [6.45, 7) is 3.02. The van der Waals surface area contributed by atoms with E-state index in [1.54, 1.807) is 0 Å². The molecule has 1 fully saturated rings. The maximum absolute atomic E-state index is 8.79. The van der Waals surface area contributed by atoms with Gasteiger partial charge in [-0.3, -0.25) is 4.99 Å². The molecular formula is C26H33N3O3. The van der Waals surface area contributed by atoms with Gasteiger partial charge in [-0.25, -0.2) is 0 Å². The molecule has 0 aromatic carbocycles. The summed E-state index contributed by atoms with van der Waals surface area (Å²) in [5.41, 5.74) is 3.48. The largest absolute Gasteiger partial charge is 0.394 e. The second-order valence-corrected chi connectivity index (χ2v) is 8.95. The number of nitrogens with zero attached hydrogens (tertiary/aromatic N) is 2. The van der Waals surface area contributed by atoms with E-state index < -0.39 is 0 Å². The molecule has 3 aliphatic heterocycles.